The fourth-order valence-electron chi connectivity index (χ4n) is 8.71. The summed E-state index contributed by atoms with van der Waals surface area (Å²) in [4.78, 5) is 23.5. The number of imidazole rings is 1. The summed E-state index contributed by atoms with van der Waals surface area (Å²) in [6.07, 6.45) is 8.27. The van der Waals surface area contributed by atoms with Gasteiger partial charge in [-0.1, -0.05) is 60.7 Å². The molecule has 3 aliphatic rings. The third-order valence-electron chi connectivity index (χ3n) is 10.9. The van der Waals surface area contributed by atoms with E-state index in [9.17, 15) is 4.79 Å². The van der Waals surface area contributed by atoms with Crippen LogP contribution in [-0.4, -0.2) is 57.0 Å². The second-order valence-corrected chi connectivity index (χ2v) is 13.2. The third kappa shape index (κ3) is 4.76. The van der Waals surface area contributed by atoms with Crippen LogP contribution < -0.4 is 0 Å². The van der Waals surface area contributed by atoms with Gasteiger partial charge in [-0.2, -0.15) is 0 Å². The lowest BCUT2D eigenvalue weighted by Gasteiger charge is -2.46. The molecule has 218 valence electrons. The molecule has 0 radical (unpaired) electrons. The summed E-state index contributed by atoms with van der Waals surface area (Å²) in [6.45, 7) is 9.09. The highest BCUT2D eigenvalue weighted by Gasteiger charge is 2.44. The summed E-state index contributed by atoms with van der Waals surface area (Å²) in [5.74, 6) is 1.36. The van der Waals surface area contributed by atoms with Crippen molar-refractivity contribution in [2.24, 2.45) is 0 Å². The largest absolute Gasteiger partial charge is 0.339 e. The maximum absolute atomic E-state index is 13.6. The fourth-order valence-corrected chi connectivity index (χ4v) is 8.71. The number of aromatic nitrogens is 2. The molecule has 3 fully saturated rings. The van der Waals surface area contributed by atoms with E-state index in [4.69, 9.17) is 4.98 Å². The molecule has 42 heavy (non-hydrogen) atoms. The number of amides is 1. The topological polar surface area (TPSA) is 41.4 Å². The molecular weight excluding hydrogens is 516 g/mol. The Labute approximate surface area is 250 Å². The summed E-state index contributed by atoms with van der Waals surface area (Å²) in [6, 6.07) is 27.8. The highest BCUT2D eigenvalue weighted by molar-refractivity contribution is 5.97. The van der Waals surface area contributed by atoms with Crippen molar-refractivity contribution < 1.29 is 4.79 Å². The zero-order valence-corrected chi connectivity index (χ0v) is 25.4. The first-order valence-electron chi connectivity index (χ1n) is 16.0. The van der Waals surface area contributed by atoms with Crippen molar-refractivity contribution in [3.63, 3.8) is 0 Å². The van der Waals surface area contributed by atoms with E-state index in [-0.39, 0.29) is 11.3 Å². The molecule has 7 rings (SSSR count). The van der Waals surface area contributed by atoms with Gasteiger partial charge in [0.15, 0.2) is 0 Å². The number of fused-ring (bicyclic) bond motifs is 3. The monoisotopic (exact) mass is 560 g/mol. The van der Waals surface area contributed by atoms with Crippen LogP contribution in [0.2, 0.25) is 0 Å². The van der Waals surface area contributed by atoms with Crippen LogP contribution in [0.5, 0.6) is 0 Å². The normalized spacial score (nSPS) is 23.9. The zero-order chi connectivity index (χ0) is 28.8. The molecule has 5 heteroatoms. The van der Waals surface area contributed by atoms with Crippen LogP contribution >= 0.6 is 0 Å². The first-order chi connectivity index (χ1) is 20.4. The van der Waals surface area contributed by atoms with Crippen molar-refractivity contribution in [1.82, 2.24) is 19.4 Å². The molecule has 3 aromatic carbocycles. The van der Waals surface area contributed by atoms with Crippen LogP contribution in [0.4, 0.5) is 0 Å². The molecule has 1 amide bonds. The lowest BCUT2D eigenvalue weighted by atomic mass is 9.70. The second-order valence-electron chi connectivity index (χ2n) is 13.2. The Morgan fingerprint density at radius 2 is 1.45 bits per heavy atom. The van der Waals surface area contributed by atoms with Crippen molar-refractivity contribution >= 4 is 16.9 Å². The molecule has 0 saturated carbocycles. The first-order valence-corrected chi connectivity index (χ1v) is 16.0. The van der Waals surface area contributed by atoms with Crippen molar-refractivity contribution in [2.45, 2.75) is 89.3 Å². The molecule has 4 aromatic rings. The van der Waals surface area contributed by atoms with Crippen LogP contribution in [-0.2, 0) is 5.41 Å². The van der Waals surface area contributed by atoms with Gasteiger partial charge in [0, 0.05) is 36.8 Å². The fraction of sp³-hybridized carbons (Fsp3) is 0.459. The average molecular weight is 561 g/mol. The van der Waals surface area contributed by atoms with Crippen molar-refractivity contribution in [3.8, 4) is 0 Å². The molecule has 1 aromatic heterocycles. The lowest BCUT2D eigenvalue weighted by Crippen LogP contribution is -2.49. The quantitative estimate of drug-likeness (QED) is 0.247. The van der Waals surface area contributed by atoms with Gasteiger partial charge >= 0.3 is 0 Å². The number of hydrogen-bond acceptors (Lipinski definition) is 3. The van der Waals surface area contributed by atoms with Gasteiger partial charge in [0.05, 0.1) is 11.0 Å². The molecule has 4 heterocycles. The molecule has 5 nitrogen and oxygen atoms in total. The number of piperidine rings is 2. The predicted octanol–water partition coefficient (Wildman–Crippen LogP) is 7.39. The number of benzene rings is 3. The van der Waals surface area contributed by atoms with Crippen LogP contribution in [0.15, 0.2) is 72.8 Å². The van der Waals surface area contributed by atoms with E-state index in [2.05, 4.69) is 102 Å². The van der Waals surface area contributed by atoms with E-state index in [1.54, 1.807) is 0 Å². The van der Waals surface area contributed by atoms with Gasteiger partial charge in [-0.3, -0.25) is 9.69 Å². The zero-order valence-electron chi connectivity index (χ0n) is 25.4. The lowest BCUT2D eigenvalue weighted by molar-refractivity contribution is 0.0606. The Morgan fingerprint density at radius 3 is 2.14 bits per heavy atom. The van der Waals surface area contributed by atoms with E-state index < -0.39 is 0 Å². The highest BCUT2D eigenvalue weighted by Crippen LogP contribution is 2.45. The maximum atomic E-state index is 13.6. The second kappa shape index (κ2) is 11.0. The number of nitrogens with zero attached hydrogens (tertiary/aromatic N) is 4. The predicted molar refractivity (Wildman–Crippen MR) is 170 cm³/mol. The number of para-hydroxylation sites is 2. The molecule has 3 atom stereocenters. The number of carbonyl (C=O) groups excluding carboxylic acids is 1. The molecule has 3 aliphatic heterocycles. The van der Waals surface area contributed by atoms with Crippen molar-refractivity contribution in [2.75, 3.05) is 19.6 Å². The van der Waals surface area contributed by atoms with E-state index in [1.807, 2.05) is 6.07 Å². The molecule has 3 saturated heterocycles. The van der Waals surface area contributed by atoms with Gasteiger partial charge in [-0.05, 0) is 106 Å². The number of carbonyl (C=O) groups is 1. The minimum Gasteiger partial charge on any atom is -0.339 e. The van der Waals surface area contributed by atoms with Gasteiger partial charge in [0.25, 0.3) is 5.91 Å². The standard InChI is InChI=1S/C37H44N4O/c1-26-10-9-11-27(2)35(26)36(42)39-21-18-37(19-22-39,29-12-5-4-6-13-29)20-23-40-30-16-17-31(40)25-32(24-30)41-28(3)38-33-14-7-8-15-34(33)41/h4-15,30-32H,16-25H2,1-3H3/t30-,31+,32?. The van der Waals surface area contributed by atoms with Crippen molar-refractivity contribution in [1.29, 1.82) is 0 Å². The number of likely N-dealkylation sites (tertiary alicyclic amines) is 1. The highest BCUT2D eigenvalue weighted by atomic mass is 16.2. The van der Waals surface area contributed by atoms with Crippen LogP contribution in [0.1, 0.15) is 83.9 Å². The van der Waals surface area contributed by atoms with Gasteiger partial charge in [0.1, 0.15) is 5.82 Å². The van der Waals surface area contributed by atoms with Gasteiger partial charge < -0.3 is 9.47 Å². The molecule has 0 spiro atoms. The SMILES string of the molecule is Cc1cccc(C)c1C(=O)N1CCC(CCN2[C@@H]3CC[C@H]2CC(n2c(C)nc4ccccc42)C3)(c2ccccc2)CC1. The van der Waals surface area contributed by atoms with Crippen molar-refractivity contribution in [3.05, 3.63) is 101 Å². The van der Waals surface area contributed by atoms with Crippen LogP contribution in [0, 0.1) is 20.8 Å². The van der Waals surface area contributed by atoms with E-state index in [1.165, 1.54) is 36.8 Å². The maximum Gasteiger partial charge on any atom is 0.254 e. The average Bonchev–Trinajstić information content (AvgIpc) is 3.47. The number of hydrogen-bond donors (Lipinski definition) is 0. The van der Waals surface area contributed by atoms with Gasteiger partial charge in [-0.25, -0.2) is 4.98 Å². The summed E-state index contributed by atoms with van der Waals surface area (Å²) in [5, 5.41) is 0. The smallest absolute Gasteiger partial charge is 0.254 e. The van der Waals surface area contributed by atoms with E-state index in [0.717, 1.165) is 66.9 Å². The molecule has 1 unspecified atom stereocenters. The molecule has 0 N–H and O–H groups in total. The van der Waals surface area contributed by atoms with E-state index >= 15 is 0 Å². The summed E-state index contributed by atoms with van der Waals surface area (Å²) in [5.41, 5.74) is 7.04. The molecular formula is C37H44N4O. The Kier molecular flexibility index (Phi) is 7.17. The van der Waals surface area contributed by atoms with Gasteiger partial charge in [0.2, 0.25) is 0 Å². The van der Waals surface area contributed by atoms with Crippen LogP contribution in [0.3, 0.4) is 0 Å². The minimum atomic E-state index is 0.117. The Balaban J connectivity index is 1.07. The Morgan fingerprint density at radius 1 is 0.810 bits per heavy atom. The Hall–Kier alpha value is -3.44. The number of aryl methyl sites for hydroxylation is 3. The first kappa shape index (κ1) is 27.4. The van der Waals surface area contributed by atoms with Gasteiger partial charge in [-0.15, -0.1) is 0 Å². The summed E-state index contributed by atoms with van der Waals surface area (Å²) in [7, 11) is 0. The van der Waals surface area contributed by atoms with Crippen LogP contribution in [0.25, 0.3) is 11.0 Å². The minimum absolute atomic E-state index is 0.117. The Bertz CT molecular complexity index is 1550. The molecule has 2 bridgehead atoms. The summed E-state index contributed by atoms with van der Waals surface area (Å²) >= 11 is 0. The van der Waals surface area contributed by atoms with E-state index in [0.29, 0.717) is 18.1 Å². The number of rotatable bonds is 6. The third-order valence-corrected chi connectivity index (χ3v) is 10.9. The molecule has 0 aliphatic carbocycles. The summed E-state index contributed by atoms with van der Waals surface area (Å²) < 4.78 is 2.53.